The van der Waals surface area contributed by atoms with E-state index in [2.05, 4.69) is 32.5 Å². The molecule has 0 aromatic carbocycles. The maximum absolute atomic E-state index is 5.65. The first-order valence-corrected chi connectivity index (χ1v) is 3.18. The number of hydrogen-bond acceptors (Lipinski definition) is 3. The Hall–Kier alpha value is -0.120. The molecule has 0 aromatic rings. The number of hydrazine groups is 1. The van der Waals surface area contributed by atoms with E-state index in [9.17, 15) is 0 Å². The van der Waals surface area contributed by atoms with Crippen molar-refractivity contribution in [3.63, 3.8) is 0 Å². The second-order valence-electron chi connectivity index (χ2n) is 2.74. The fourth-order valence-electron chi connectivity index (χ4n) is 0.644. The van der Waals surface area contributed by atoms with Crippen molar-refractivity contribution in [2.24, 2.45) is 17.4 Å². The Kier molecular flexibility index (Phi) is 7.77. The average molecular weight is 133 g/mol. The maximum atomic E-state index is 5.65. The van der Waals surface area contributed by atoms with E-state index in [1.54, 1.807) is 0 Å². The minimum absolute atomic E-state index is 0.0503. The molecule has 0 rings (SSSR count). The lowest BCUT2D eigenvalue weighted by Gasteiger charge is -2.15. The normalized spacial score (nSPS) is 10.0. The molecule has 0 aliphatic rings. The Morgan fingerprint density at radius 2 is 1.56 bits per heavy atom. The first-order valence-electron chi connectivity index (χ1n) is 3.18. The zero-order valence-electron chi connectivity index (χ0n) is 6.65. The Bertz CT molecular complexity index is 46.8. The molecule has 9 heavy (non-hydrogen) atoms. The summed E-state index contributed by atoms with van der Waals surface area (Å²) in [5.41, 5.74) is 5.70. The fraction of sp³-hybridized carbons (Fsp3) is 1.00. The predicted molar refractivity (Wildman–Crippen MR) is 41.5 cm³/mol. The quantitative estimate of drug-likeness (QED) is 0.375. The van der Waals surface area contributed by atoms with Crippen LogP contribution in [0.3, 0.4) is 0 Å². The third-order valence-corrected chi connectivity index (χ3v) is 0.894. The summed E-state index contributed by atoms with van der Waals surface area (Å²) >= 11 is 0. The highest BCUT2D eigenvalue weighted by Gasteiger charge is 2.06. The van der Waals surface area contributed by atoms with Gasteiger partial charge >= 0.3 is 0 Å². The first-order chi connectivity index (χ1) is 4.06. The van der Waals surface area contributed by atoms with E-state index in [0.29, 0.717) is 0 Å². The zero-order chi connectivity index (χ0) is 7.91. The average Bonchev–Trinajstić information content (AvgIpc) is 1.69. The number of rotatable bonds is 2. The number of nitrogens with two attached hydrogens (primary N) is 3. The maximum Gasteiger partial charge on any atom is 0.00969 e. The molecular weight excluding hydrogens is 114 g/mol. The molecule has 0 saturated heterocycles. The molecule has 0 aliphatic heterocycles. The molecule has 3 heteroatoms. The summed E-state index contributed by atoms with van der Waals surface area (Å²) in [6.45, 7) is 6.25. The third kappa shape index (κ3) is 18.1. The molecule has 6 N–H and O–H groups in total. The molecule has 0 unspecified atom stereocenters. The molecule has 0 atom stereocenters. The first kappa shape index (κ1) is 11.6. The van der Waals surface area contributed by atoms with Gasteiger partial charge < -0.3 is 5.73 Å². The number of hydrogen-bond donors (Lipinski definition) is 3. The van der Waals surface area contributed by atoms with Crippen LogP contribution in [0.4, 0.5) is 0 Å². The van der Waals surface area contributed by atoms with E-state index in [-0.39, 0.29) is 5.54 Å². The van der Waals surface area contributed by atoms with Gasteiger partial charge in [0.05, 0.1) is 0 Å². The highest BCUT2D eigenvalue weighted by atomic mass is 15.0. The Labute approximate surface area is 57.6 Å². The summed E-state index contributed by atoms with van der Waals surface area (Å²) in [5, 5.41) is 0. The minimum atomic E-state index is 0.0503. The van der Waals surface area contributed by atoms with Crippen LogP contribution in [0.1, 0.15) is 33.6 Å². The summed E-state index contributed by atoms with van der Waals surface area (Å²) in [4.78, 5) is 0. The van der Waals surface area contributed by atoms with E-state index < -0.39 is 0 Å². The lowest BCUT2D eigenvalue weighted by Crippen LogP contribution is -2.31. The van der Waals surface area contributed by atoms with Gasteiger partial charge in [-0.15, -0.1) is 0 Å². The Morgan fingerprint density at radius 3 is 1.56 bits per heavy atom. The highest BCUT2D eigenvalue weighted by Crippen LogP contribution is 2.04. The fourth-order valence-corrected chi connectivity index (χ4v) is 0.644. The molecule has 3 nitrogen and oxygen atoms in total. The zero-order valence-corrected chi connectivity index (χ0v) is 6.65. The molecule has 0 amide bonds. The summed E-state index contributed by atoms with van der Waals surface area (Å²) < 4.78 is 0. The third-order valence-electron chi connectivity index (χ3n) is 0.894. The van der Waals surface area contributed by atoms with E-state index in [1.807, 2.05) is 0 Å². The molecule has 0 radical (unpaired) electrons. The van der Waals surface area contributed by atoms with Crippen molar-refractivity contribution in [2.75, 3.05) is 0 Å². The highest BCUT2D eigenvalue weighted by molar-refractivity contribution is 4.69. The van der Waals surface area contributed by atoms with Gasteiger partial charge in [0.25, 0.3) is 0 Å². The van der Waals surface area contributed by atoms with E-state index >= 15 is 0 Å². The van der Waals surface area contributed by atoms with Crippen LogP contribution < -0.4 is 17.4 Å². The topological polar surface area (TPSA) is 78.1 Å². The van der Waals surface area contributed by atoms with Crippen molar-refractivity contribution in [3.8, 4) is 0 Å². The van der Waals surface area contributed by atoms with Crippen molar-refractivity contribution in [3.05, 3.63) is 0 Å². The van der Waals surface area contributed by atoms with Gasteiger partial charge in [-0.3, -0.25) is 11.7 Å². The van der Waals surface area contributed by atoms with E-state index in [1.165, 1.54) is 6.42 Å². The van der Waals surface area contributed by atoms with Crippen LogP contribution >= 0.6 is 0 Å². The van der Waals surface area contributed by atoms with Crippen molar-refractivity contribution < 1.29 is 0 Å². The minimum Gasteiger partial charge on any atom is -0.326 e. The SMILES string of the molecule is CCCC(C)(C)N.NN. The van der Waals surface area contributed by atoms with Gasteiger partial charge in [0.1, 0.15) is 0 Å². The lowest BCUT2D eigenvalue weighted by atomic mass is 10.0. The van der Waals surface area contributed by atoms with Crippen LogP contribution in [0.5, 0.6) is 0 Å². The van der Waals surface area contributed by atoms with Crippen LogP contribution in [0.2, 0.25) is 0 Å². The Morgan fingerprint density at radius 1 is 1.22 bits per heavy atom. The van der Waals surface area contributed by atoms with Crippen molar-refractivity contribution in [1.82, 2.24) is 0 Å². The molecule has 0 aromatic heterocycles. The second-order valence-corrected chi connectivity index (χ2v) is 2.74. The van der Waals surface area contributed by atoms with Gasteiger partial charge in [0, 0.05) is 5.54 Å². The molecule has 0 saturated carbocycles. The van der Waals surface area contributed by atoms with Gasteiger partial charge in [-0.2, -0.15) is 0 Å². The van der Waals surface area contributed by atoms with Crippen LogP contribution in [-0.4, -0.2) is 5.54 Å². The second kappa shape index (κ2) is 6.01. The monoisotopic (exact) mass is 133 g/mol. The van der Waals surface area contributed by atoms with E-state index in [0.717, 1.165) is 6.42 Å². The largest absolute Gasteiger partial charge is 0.326 e. The van der Waals surface area contributed by atoms with E-state index in [4.69, 9.17) is 5.73 Å². The summed E-state index contributed by atoms with van der Waals surface area (Å²) in [6.07, 6.45) is 2.30. The van der Waals surface area contributed by atoms with Crippen LogP contribution in [0, 0.1) is 0 Å². The van der Waals surface area contributed by atoms with Crippen LogP contribution in [0.25, 0.3) is 0 Å². The van der Waals surface area contributed by atoms with Gasteiger partial charge in [0.2, 0.25) is 0 Å². The standard InChI is InChI=1S/C6H15N.H4N2/c1-4-5-6(2,3)7;1-2/h4-5,7H2,1-3H3;1-2H2. The molecule has 0 spiro atoms. The lowest BCUT2D eigenvalue weighted by molar-refractivity contribution is 0.470. The molecular formula is C6H19N3. The predicted octanol–water partition coefficient (Wildman–Crippen LogP) is 0.343. The molecule has 0 aliphatic carbocycles. The van der Waals surface area contributed by atoms with Crippen molar-refractivity contribution in [1.29, 1.82) is 0 Å². The van der Waals surface area contributed by atoms with Gasteiger partial charge in [0.15, 0.2) is 0 Å². The van der Waals surface area contributed by atoms with Crippen molar-refractivity contribution in [2.45, 2.75) is 39.2 Å². The van der Waals surface area contributed by atoms with Crippen LogP contribution in [-0.2, 0) is 0 Å². The summed E-state index contributed by atoms with van der Waals surface area (Å²) in [7, 11) is 0. The summed E-state index contributed by atoms with van der Waals surface area (Å²) in [6, 6.07) is 0. The van der Waals surface area contributed by atoms with Crippen molar-refractivity contribution >= 4 is 0 Å². The molecule has 0 fully saturated rings. The smallest absolute Gasteiger partial charge is 0.00969 e. The molecule has 58 valence electrons. The van der Waals surface area contributed by atoms with Gasteiger partial charge in [-0.05, 0) is 20.3 Å². The Balaban J connectivity index is 0. The summed E-state index contributed by atoms with van der Waals surface area (Å²) in [5.74, 6) is 8.00. The molecule has 0 heterocycles. The van der Waals surface area contributed by atoms with Gasteiger partial charge in [-0.25, -0.2) is 0 Å². The molecule has 0 bridgehead atoms. The van der Waals surface area contributed by atoms with Crippen LogP contribution in [0.15, 0.2) is 0 Å². The van der Waals surface area contributed by atoms with Gasteiger partial charge in [-0.1, -0.05) is 13.3 Å².